The van der Waals surface area contributed by atoms with Crippen molar-refractivity contribution in [3.05, 3.63) is 45.6 Å². The maximum absolute atomic E-state index is 11.0. The van der Waals surface area contributed by atoms with Gasteiger partial charge in [0, 0.05) is 40.9 Å². The highest BCUT2D eigenvalue weighted by atomic mass is 16.6. The van der Waals surface area contributed by atoms with Crippen molar-refractivity contribution in [3.63, 3.8) is 0 Å². The second-order valence-electron chi connectivity index (χ2n) is 4.87. The summed E-state index contributed by atoms with van der Waals surface area (Å²) in [5, 5.41) is 12.2. The molecule has 94 valence electrons. The Hall–Kier alpha value is -1.84. The van der Waals surface area contributed by atoms with E-state index < -0.39 is 6.04 Å². The quantitative estimate of drug-likeness (QED) is 0.602. The molecule has 3 rings (SSSR count). The van der Waals surface area contributed by atoms with Crippen molar-refractivity contribution in [3.8, 4) is 0 Å². The first-order chi connectivity index (χ1) is 8.72. The second kappa shape index (κ2) is 4.12. The minimum absolute atomic E-state index is 0.124. The predicted molar refractivity (Wildman–Crippen MR) is 70.4 cm³/mol. The molecule has 1 heterocycles. The van der Waals surface area contributed by atoms with Crippen LogP contribution in [0.15, 0.2) is 24.3 Å². The van der Waals surface area contributed by atoms with E-state index in [-0.39, 0.29) is 4.92 Å². The number of aryl methyl sites for hydroxylation is 1. The molecule has 1 atom stereocenters. The smallest absolute Gasteiger partial charge is 0.217 e. The van der Waals surface area contributed by atoms with Crippen LogP contribution in [0.1, 0.15) is 24.6 Å². The van der Waals surface area contributed by atoms with E-state index in [2.05, 4.69) is 23.6 Å². The van der Waals surface area contributed by atoms with E-state index in [9.17, 15) is 10.1 Å². The van der Waals surface area contributed by atoms with Gasteiger partial charge in [0.2, 0.25) is 6.04 Å². The zero-order chi connectivity index (χ0) is 12.7. The molecule has 0 bridgehead atoms. The summed E-state index contributed by atoms with van der Waals surface area (Å²) in [7, 11) is 0. The molecule has 0 amide bonds. The molecule has 1 aromatic carbocycles. The van der Waals surface area contributed by atoms with E-state index in [0.29, 0.717) is 12.8 Å². The molecule has 1 aromatic heterocycles. The van der Waals surface area contributed by atoms with Gasteiger partial charge in [-0.1, -0.05) is 18.2 Å². The third-order valence-electron chi connectivity index (χ3n) is 3.96. The molecule has 0 fully saturated rings. The zero-order valence-electron chi connectivity index (χ0n) is 10.4. The molecule has 4 nitrogen and oxygen atoms in total. The second-order valence-corrected chi connectivity index (χ2v) is 4.87. The summed E-state index contributed by atoms with van der Waals surface area (Å²) in [5.74, 6) is 0. The summed E-state index contributed by atoms with van der Waals surface area (Å²) in [5.41, 5.74) is 3.71. The van der Waals surface area contributed by atoms with Crippen LogP contribution < -0.4 is 0 Å². The van der Waals surface area contributed by atoms with Crippen molar-refractivity contribution in [2.24, 2.45) is 0 Å². The van der Waals surface area contributed by atoms with Crippen molar-refractivity contribution in [2.45, 2.75) is 38.8 Å². The van der Waals surface area contributed by atoms with E-state index >= 15 is 0 Å². The molecule has 4 heteroatoms. The van der Waals surface area contributed by atoms with Crippen LogP contribution in [0.4, 0.5) is 0 Å². The Bertz CT molecular complexity index is 616. The topological polar surface area (TPSA) is 48.1 Å². The highest BCUT2D eigenvalue weighted by Gasteiger charge is 2.30. The van der Waals surface area contributed by atoms with Crippen LogP contribution in [0.2, 0.25) is 0 Å². The minimum atomic E-state index is -0.409. The number of fused-ring (bicyclic) bond motifs is 3. The molecule has 0 saturated carbocycles. The lowest BCUT2D eigenvalue weighted by Gasteiger charge is -2.18. The minimum Gasteiger partial charge on any atom is -0.345 e. The average Bonchev–Trinajstić information content (AvgIpc) is 2.71. The number of hydrogen-bond acceptors (Lipinski definition) is 2. The SMILES string of the molecule is CCn1c2c(c3ccccc31)CC([N+](=O)[O-])CC2. The summed E-state index contributed by atoms with van der Waals surface area (Å²) < 4.78 is 2.31. The molecule has 2 aromatic rings. The molecule has 0 radical (unpaired) electrons. The number of hydrogen-bond donors (Lipinski definition) is 0. The van der Waals surface area contributed by atoms with Crippen molar-refractivity contribution in [2.75, 3.05) is 0 Å². The Morgan fingerprint density at radius 2 is 2.22 bits per heavy atom. The molecule has 1 aliphatic carbocycles. The molecule has 0 saturated heterocycles. The van der Waals surface area contributed by atoms with Crippen molar-refractivity contribution in [1.82, 2.24) is 4.57 Å². The van der Waals surface area contributed by atoms with E-state index in [1.165, 1.54) is 22.2 Å². The number of nitro groups is 1. The van der Waals surface area contributed by atoms with Gasteiger partial charge in [0.25, 0.3) is 0 Å². The zero-order valence-corrected chi connectivity index (χ0v) is 10.4. The highest BCUT2D eigenvalue weighted by molar-refractivity contribution is 5.85. The van der Waals surface area contributed by atoms with Crippen LogP contribution in [0, 0.1) is 10.1 Å². The van der Waals surface area contributed by atoms with Gasteiger partial charge in [-0.05, 0) is 25.0 Å². The van der Waals surface area contributed by atoms with Crippen molar-refractivity contribution >= 4 is 10.9 Å². The van der Waals surface area contributed by atoms with Gasteiger partial charge in [-0.15, -0.1) is 0 Å². The predicted octanol–water partition coefficient (Wildman–Crippen LogP) is 2.80. The van der Waals surface area contributed by atoms with Crippen molar-refractivity contribution in [1.29, 1.82) is 0 Å². The fourth-order valence-corrected chi connectivity index (χ4v) is 3.12. The first-order valence-electron chi connectivity index (χ1n) is 6.44. The third-order valence-corrected chi connectivity index (χ3v) is 3.96. The molecule has 0 N–H and O–H groups in total. The number of benzene rings is 1. The van der Waals surface area contributed by atoms with Gasteiger partial charge in [-0.2, -0.15) is 0 Å². The van der Waals surface area contributed by atoms with Gasteiger partial charge in [-0.3, -0.25) is 10.1 Å². The van der Waals surface area contributed by atoms with Gasteiger partial charge in [-0.25, -0.2) is 0 Å². The van der Waals surface area contributed by atoms with Gasteiger partial charge in [0.05, 0.1) is 0 Å². The number of para-hydroxylation sites is 1. The standard InChI is InChI=1S/C14H16N2O2/c1-2-15-13-6-4-3-5-11(13)12-9-10(16(17)18)7-8-14(12)15/h3-6,10H,2,7-9H2,1H3. The fraction of sp³-hybridized carbons (Fsp3) is 0.429. The van der Waals surface area contributed by atoms with Crippen molar-refractivity contribution < 1.29 is 4.92 Å². The van der Waals surface area contributed by atoms with E-state index in [0.717, 1.165) is 13.0 Å². The molecular formula is C14H16N2O2. The lowest BCUT2D eigenvalue weighted by molar-refractivity contribution is -0.523. The van der Waals surface area contributed by atoms with Crippen LogP contribution in [0.3, 0.4) is 0 Å². The first kappa shape index (κ1) is 11.3. The third kappa shape index (κ3) is 1.52. The van der Waals surface area contributed by atoms with E-state index in [1.807, 2.05) is 12.1 Å². The Labute approximate surface area is 105 Å². The number of nitrogens with zero attached hydrogens (tertiary/aromatic N) is 2. The Kier molecular flexibility index (Phi) is 2.58. The normalized spacial score (nSPS) is 18.8. The summed E-state index contributed by atoms with van der Waals surface area (Å²) in [6, 6.07) is 7.83. The Morgan fingerprint density at radius 1 is 1.44 bits per heavy atom. The van der Waals surface area contributed by atoms with Crippen LogP contribution >= 0.6 is 0 Å². The van der Waals surface area contributed by atoms with Crippen LogP contribution in [0.25, 0.3) is 10.9 Å². The van der Waals surface area contributed by atoms with Crippen LogP contribution in [0.5, 0.6) is 0 Å². The van der Waals surface area contributed by atoms with Gasteiger partial charge in [0.1, 0.15) is 0 Å². The maximum Gasteiger partial charge on any atom is 0.217 e. The lowest BCUT2D eigenvalue weighted by atomic mass is 9.92. The van der Waals surface area contributed by atoms with E-state index in [1.54, 1.807) is 0 Å². The molecule has 1 unspecified atom stereocenters. The molecule has 0 aliphatic heterocycles. The Balaban J connectivity index is 2.19. The maximum atomic E-state index is 11.0. The lowest BCUT2D eigenvalue weighted by Crippen LogP contribution is -2.27. The largest absolute Gasteiger partial charge is 0.345 e. The molecule has 1 aliphatic rings. The van der Waals surface area contributed by atoms with Gasteiger partial charge < -0.3 is 4.57 Å². The summed E-state index contributed by atoms with van der Waals surface area (Å²) in [6.45, 7) is 3.06. The summed E-state index contributed by atoms with van der Waals surface area (Å²) in [4.78, 5) is 10.9. The summed E-state index contributed by atoms with van der Waals surface area (Å²) >= 11 is 0. The molecular weight excluding hydrogens is 228 g/mol. The number of rotatable bonds is 2. The molecule has 18 heavy (non-hydrogen) atoms. The first-order valence-corrected chi connectivity index (χ1v) is 6.44. The van der Waals surface area contributed by atoms with Crippen LogP contribution in [-0.4, -0.2) is 15.5 Å². The van der Waals surface area contributed by atoms with Gasteiger partial charge >= 0.3 is 0 Å². The average molecular weight is 244 g/mol. The summed E-state index contributed by atoms with van der Waals surface area (Å²) in [6.07, 6.45) is 2.07. The van der Waals surface area contributed by atoms with E-state index in [4.69, 9.17) is 0 Å². The highest BCUT2D eigenvalue weighted by Crippen LogP contribution is 2.32. The van der Waals surface area contributed by atoms with Gasteiger partial charge in [0.15, 0.2) is 0 Å². The Morgan fingerprint density at radius 3 is 2.94 bits per heavy atom. The fourth-order valence-electron chi connectivity index (χ4n) is 3.12. The monoisotopic (exact) mass is 244 g/mol. The van der Waals surface area contributed by atoms with Crippen LogP contribution in [-0.2, 0) is 19.4 Å². The molecule has 0 spiro atoms. The number of aromatic nitrogens is 1.